The zero-order chi connectivity index (χ0) is 21.1. The molecule has 1 aliphatic heterocycles. The van der Waals surface area contributed by atoms with Crippen LogP contribution in [0.5, 0.6) is 0 Å². The molecule has 1 atom stereocenters. The summed E-state index contributed by atoms with van der Waals surface area (Å²) in [6, 6.07) is 13.0. The number of carbonyl (C=O) groups excluding carboxylic acids is 1. The largest absolute Gasteiger partial charge is 0.416 e. The number of amides is 1. The number of alkyl halides is 3. The second-order valence-electron chi connectivity index (χ2n) is 6.92. The molecule has 2 aromatic carbocycles. The minimum Gasteiger partial charge on any atom is -0.350 e. The summed E-state index contributed by atoms with van der Waals surface area (Å²) in [5.74, 6) is -0.443. The Bertz CT molecular complexity index is 948. The van der Waals surface area contributed by atoms with Crippen LogP contribution in [0.25, 0.3) is 0 Å². The van der Waals surface area contributed by atoms with E-state index in [1.807, 2.05) is 6.07 Å². The molecule has 1 heterocycles. The van der Waals surface area contributed by atoms with Crippen molar-refractivity contribution in [2.24, 2.45) is 0 Å². The van der Waals surface area contributed by atoms with Crippen LogP contribution in [0.1, 0.15) is 22.7 Å². The molecule has 2 aromatic rings. The van der Waals surface area contributed by atoms with Gasteiger partial charge in [0.15, 0.2) is 9.84 Å². The van der Waals surface area contributed by atoms with Crippen molar-refractivity contribution in [2.45, 2.75) is 18.8 Å². The first-order chi connectivity index (χ1) is 13.7. The summed E-state index contributed by atoms with van der Waals surface area (Å²) in [6.07, 6.45) is -4.45. The van der Waals surface area contributed by atoms with Crippen LogP contribution >= 0.6 is 0 Å². The monoisotopic (exact) mass is 426 g/mol. The number of rotatable bonds is 5. The Labute approximate surface area is 167 Å². The zero-order valence-corrected chi connectivity index (χ0v) is 16.3. The fraction of sp³-hybridized carbons (Fsp3) is 0.350. The van der Waals surface area contributed by atoms with E-state index in [0.717, 1.165) is 12.1 Å². The summed E-state index contributed by atoms with van der Waals surface area (Å²) in [5, 5.41) is 2.70. The molecule has 1 saturated heterocycles. The Morgan fingerprint density at radius 2 is 1.69 bits per heavy atom. The second-order valence-corrected chi connectivity index (χ2v) is 9.22. The van der Waals surface area contributed by atoms with Gasteiger partial charge in [0.25, 0.3) is 0 Å². The lowest BCUT2D eigenvalue weighted by atomic mass is 10.0. The molecule has 0 spiro atoms. The van der Waals surface area contributed by atoms with Gasteiger partial charge >= 0.3 is 6.18 Å². The molecule has 0 radical (unpaired) electrons. The maximum absolute atomic E-state index is 12.9. The third-order valence-electron chi connectivity index (χ3n) is 4.83. The van der Waals surface area contributed by atoms with Crippen molar-refractivity contribution in [3.63, 3.8) is 0 Å². The van der Waals surface area contributed by atoms with E-state index in [9.17, 15) is 26.4 Å². The highest BCUT2D eigenvalue weighted by Gasteiger charge is 2.33. The smallest absolute Gasteiger partial charge is 0.350 e. The predicted molar refractivity (Wildman–Crippen MR) is 103 cm³/mol. The number of carbonyl (C=O) groups is 1. The Balaban J connectivity index is 1.76. The number of hydrogen-bond acceptors (Lipinski definition) is 4. The van der Waals surface area contributed by atoms with Gasteiger partial charge in [0, 0.05) is 19.6 Å². The summed E-state index contributed by atoms with van der Waals surface area (Å²) < 4.78 is 62.1. The summed E-state index contributed by atoms with van der Waals surface area (Å²) in [5.41, 5.74) is 0.264. The van der Waals surface area contributed by atoms with Crippen LogP contribution in [0.15, 0.2) is 54.6 Å². The fourth-order valence-electron chi connectivity index (χ4n) is 3.29. The van der Waals surface area contributed by atoms with Gasteiger partial charge in [-0.1, -0.05) is 42.5 Å². The number of sulfone groups is 1. The number of hydrogen-bond donors (Lipinski definition) is 1. The van der Waals surface area contributed by atoms with E-state index in [2.05, 4.69) is 5.32 Å². The molecule has 0 saturated carbocycles. The van der Waals surface area contributed by atoms with Gasteiger partial charge in [0.2, 0.25) is 5.91 Å². The molecule has 1 N–H and O–H groups in total. The fourth-order valence-corrected chi connectivity index (χ4v) is 4.52. The lowest BCUT2D eigenvalue weighted by molar-refractivity contribution is -0.137. The van der Waals surface area contributed by atoms with E-state index in [1.165, 1.54) is 12.1 Å². The Morgan fingerprint density at radius 3 is 2.31 bits per heavy atom. The molecule has 1 amide bonds. The van der Waals surface area contributed by atoms with Gasteiger partial charge < -0.3 is 5.32 Å². The molecule has 156 valence electrons. The number of nitrogens with one attached hydrogen (secondary N) is 1. The molecular formula is C20H21F3N2O3S. The van der Waals surface area contributed by atoms with Crippen molar-refractivity contribution < 1.29 is 26.4 Å². The molecule has 0 bridgehead atoms. The summed E-state index contributed by atoms with van der Waals surface area (Å²) in [7, 11) is -3.11. The van der Waals surface area contributed by atoms with E-state index in [1.54, 1.807) is 29.2 Å². The highest BCUT2D eigenvalue weighted by Crippen LogP contribution is 2.29. The molecule has 1 unspecified atom stereocenters. The Morgan fingerprint density at radius 1 is 1.03 bits per heavy atom. The van der Waals surface area contributed by atoms with Crippen molar-refractivity contribution in [3.05, 3.63) is 71.3 Å². The highest BCUT2D eigenvalue weighted by atomic mass is 32.2. The van der Waals surface area contributed by atoms with Crippen LogP contribution < -0.4 is 5.32 Å². The van der Waals surface area contributed by atoms with E-state index in [4.69, 9.17) is 0 Å². The van der Waals surface area contributed by atoms with Crippen molar-refractivity contribution in [2.75, 3.05) is 24.6 Å². The van der Waals surface area contributed by atoms with Crippen LogP contribution in [0.3, 0.4) is 0 Å². The quantitative estimate of drug-likeness (QED) is 0.799. The summed E-state index contributed by atoms with van der Waals surface area (Å²) >= 11 is 0. The summed E-state index contributed by atoms with van der Waals surface area (Å²) in [4.78, 5) is 14.7. The molecule has 5 nitrogen and oxygen atoms in total. The van der Waals surface area contributed by atoms with Gasteiger partial charge in [-0.3, -0.25) is 9.69 Å². The SMILES string of the molecule is O=C(NCc1cccc(C(F)(F)F)c1)C(c1ccccc1)N1CCS(=O)(=O)CC1. The molecule has 29 heavy (non-hydrogen) atoms. The van der Waals surface area contributed by atoms with Crippen molar-refractivity contribution in [1.29, 1.82) is 0 Å². The first-order valence-corrected chi connectivity index (χ1v) is 10.9. The van der Waals surface area contributed by atoms with E-state index < -0.39 is 27.6 Å². The summed E-state index contributed by atoms with van der Waals surface area (Å²) in [6.45, 7) is 0.385. The minimum atomic E-state index is -4.45. The Hall–Kier alpha value is -2.39. The van der Waals surface area contributed by atoms with E-state index in [0.29, 0.717) is 11.1 Å². The topological polar surface area (TPSA) is 66.5 Å². The maximum atomic E-state index is 12.9. The maximum Gasteiger partial charge on any atom is 0.416 e. The molecular weight excluding hydrogens is 405 g/mol. The third-order valence-corrected chi connectivity index (χ3v) is 6.44. The zero-order valence-electron chi connectivity index (χ0n) is 15.5. The van der Waals surface area contributed by atoms with Gasteiger partial charge in [0.1, 0.15) is 6.04 Å². The van der Waals surface area contributed by atoms with Gasteiger partial charge in [-0.15, -0.1) is 0 Å². The first kappa shape index (κ1) is 21.3. The van der Waals surface area contributed by atoms with Crippen LogP contribution in [-0.4, -0.2) is 43.8 Å². The van der Waals surface area contributed by atoms with Crippen molar-refractivity contribution in [1.82, 2.24) is 10.2 Å². The number of benzene rings is 2. The first-order valence-electron chi connectivity index (χ1n) is 9.09. The van der Waals surface area contributed by atoms with Gasteiger partial charge in [-0.25, -0.2) is 8.42 Å². The highest BCUT2D eigenvalue weighted by molar-refractivity contribution is 7.91. The van der Waals surface area contributed by atoms with Crippen molar-refractivity contribution >= 4 is 15.7 Å². The lowest BCUT2D eigenvalue weighted by Gasteiger charge is -2.33. The second kappa shape index (κ2) is 8.54. The number of nitrogens with zero attached hydrogens (tertiary/aromatic N) is 1. The predicted octanol–water partition coefficient (Wildman–Crippen LogP) is 2.79. The molecule has 3 rings (SSSR count). The van der Waals surface area contributed by atoms with Crippen LogP contribution in [0, 0.1) is 0 Å². The van der Waals surface area contributed by atoms with Crippen LogP contribution in [-0.2, 0) is 27.4 Å². The normalized spacial score (nSPS) is 18.2. The van der Waals surface area contributed by atoms with Crippen LogP contribution in [0.4, 0.5) is 13.2 Å². The minimum absolute atomic E-state index is 0.0305. The molecule has 9 heteroatoms. The standard InChI is InChI=1S/C20H21F3N2O3S/c21-20(22,23)17-8-4-5-15(13-17)14-24-19(26)18(16-6-2-1-3-7-16)25-9-11-29(27,28)12-10-25/h1-8,13,18H,9-12,14H2,(H,24,26). The molecule has 1 aliphatic rings. The Kier molecular flexibility index (Phi) is 6.28. The average molecular weight is 426 g/mol. The molecule has 0 aromatic heterocycles. The molecule has 0 aliphatic carbocycles. The molecule has 1 fully saturated rings. The van der Waals surface area contributed by atoms with Crippen LogP contribution in [0.2, 0.25) is 0 Å². The third kappa shape index (κ3) is 5.57. The van der Waals surface area contributed by atoms with E-state index in [-0.39, 0.29) is 37.0 Å². The van der Waals surface area contributed by atoms with Crippen molar-refractivity contribution in [3.8, 4) is 0 Å². The number of halogens is 3. The average Bonchev–Trinajstić information content (AvgIpc) is 2.68. The van der Waals surface area contributed by atoms with Gasteiger partial charge in [-0.05, 0) is 23.3 Å². The lowest BCUT2D eigenvalue weighted by Crippen LogP contribution is -2.47. The van der Waals surface area contributed by atoms with Gasteiger partial charge in [-0.2, -0.15) is 13.2 Å². The van der Waals surface area contributed by atoms with E-state index >= 15 is 0 Å². The van der Waals surface area contributed by atoms with Gasteiger partial charge in [0.05, 0.1) is 17.1 Å².